The number of benzene rings is 1. The summed E-state index contributed by atoms with van der Waals surface area (Å²) in [6, 6.07) is 9.67. The number of urea groups is 1. The van der Waals surface area contributed by atoms with Crippen LogP contribution in [0.3, 0.4) is 0 Å². The molecule has 8 heteroatoms. The lowest BCUT2D eigenvalue weighted by molar-refractivity contribution is 0.204. The summed E-state index contributed by atoms with van der Waals surface area (Å²) in [5.74, 6) is 1.20. The number of nitrogens with one attached hydrogen (secondary N) is 1. The summed E-state index contributed by atoms with van der Waals surface area (Å²) in [4.78, 5) is 23.7. The molecule has 1 aliphatic rings. The molecule has 0 radical (unpaired) electrons. The number of ether oxygens (including phenoxy) is 1. The second kappa shape index (κ2) is 7.67. The zero-order valence-electron chi connectivity index (χ0n) is 15.9. The second-order valence-corrected chi connectivity index (χ2v) is 6.58. The third-order valence-corrected chi connectivity index (χ3v) is 4.58. The molecule has 0 aliphatic carbocycles. The van der Waals surface area contributed by atoms with Crippen LogP contribution in [0.1, 0.15) is 18.2 Å². The van der Waals surface area contributed by atoms with Gasteiger partial charge in [0.25, 0.3) is 0 Å². The van der Waals surface area contributed by atoms with Crippen LogP contribution < -0.4 is 10.1 Å². The topological polar surface area (TPSA) is 85.2 Å². The molecular weight excluding hydrogens is 356 g/mol. The van der Waals surface area contributed by atoms with Gasteiger partial charge in [0.15, 0.2) is 5.82 Å². The van der Waals surface area contributed by atoms with Crippen molar-refractivity contribution in [2.75, 3.05) is 18.5 Å². The highest BCUT2D eigenvalue weighted by atomic mass is 16.5. The van der Waals surface area contributed by atoms with E-state index in [0.29, 0.717) is 43.5 Å². The summed E-state index contributed by atoms with van der Waals surface area (Å²) in [5, 5.41) is 6.95. The number of anilines is 1. The van der Waals surface area contributed by atoms with E-state index in [1.165, 1.54) is 0 Å². The first-order valence-corrected chi connectivity index (χ1v) is 9.26. The fraction of sp³-hybridized carbons (Fsp3) is 0.300. The predicted octanol–water partition coefficient (Wildman–Crippen LogP) is 2.87. The Balaban J connectivity index is 1.59. The van der Waals surface area contributed by atoms with Gasteiger partial charge in [-0.05, 0) is 6.92 Å². The summed E-state index contributed by atoms with van der Waals surface area (Å²) in [6.45, 7) is 3.41. The molecule has 1 aromatic carbocycles. The molecule has 4 rings (SSSR count). The number of amides is 2. The standard InChI is InChI=1S/C20H22N6O2/c1-3-28-19-16-13-26(20(27)22-15-11-21-25(2)12-15)10-9-17(16)23-18(24-19)14-7-5-4-6-8-14/h4-8,11-12H,3,9-10,13H2,1-2H3,(H,22,27). The SMILES string of the molecule is CCOc1nc(-c2ccccc2)nc2c1CN(C(=O)Nc1cnn(C)c1)CC2. The molecular formula is C20H22N6O2. The average molecular weight is 378 g/mol. The van der Waals surface area contributed by atoms with Crippen molar-refractivity contribution in [3.63, 3.8) is 0 Å². The van der Waals surface area contributed by atoms with E-state index in [1.807, 2.05) is 44.3 Å². The molecule has 0 unspecified atom stereocenters. The van der Waals surface area contributed by atoms with Crippen molar-refractivity contribution < 1.29 is 9.53 Å². The van der Waals surface area contributed by atoms with Gasteiger partial charge >= 0.3 is 6.03 Å². The maximum Gasteiger partial charge on any atom is 0.322 e. The highest BCUT2D eigenvalue weighted by molar-refractivity contribution is 5.89. The molecule has 144 valence electrons. The molecule has 8 nitrogen and oxygen atoms in total. The van der Waals surface area contributed by atoms with E-state index < -0.39 is 0 Å². The van der Waals surface area contributed by atoms with Gasteiger partial charge in [0.2, 0.25) is 5.88 Å². The molecule has 0 bridgehead atoms. The quantitative estimate of drug-likeness (QED) is 0.755. The Bertz CT molecular complexity index is 986. The molecule has 2 aromatic heterocycles. The molecule has 1 aliphatic heterocycles. The van der Waals surface area contributed by atoms with Crippen LogP contribution in [0.2, 0.25) is 0 Å². The zero-order valence-corrected chi connectivity index (χ0v) is 15.9. The van der Waals surface area contributed by atoms with Crippen molar-refractivity contribution in [3.05, 3.63) is 54.0 Å². The van der Waals surface area contributed by atoms with Gasteiger partial charge in [-0.3, -0.25) is 4.68 Å². The maximum atomic E-state index is 12.6. The minimum Gasteiger partial charge on any atom is -0.478 e. The number of fused-ring (bicyclic) bond motifs is 1. The van der Waals surface area contributed by atoms with Crippen LogP contribution in [0.5, 0.6) is 5.88 Å². The summed E-state index contributed by atoms with van der Waals surface area (Å²) < 4.78 is 7.44. The molecule has 0 fully saturated rings. The normalized spacial score (nSPS) is 13.1. The Hall–Kier alpha value is -3.42. The van der Waals surface area contributed by atoms with Crippen LogP contribution in [0.4, 0.5) is 10.5 Å². The molecule has 0 spiro atoms. The van der Waals surface area contributed by atoms with Crippen LogP contribution >= 0.6 is 0 Å². The van der Waals surface area contributed by atoms with E-state index in [4.69, 9.17) is 9.72 Å². The number of hydrogen-bond donors (Lipinski definition) is 1. The molecule has 0 saturated carbocycles. The maximum absolute atomic E-state index is 12.6. The van der Waals surface area contributed by atoms with E-state index in [9.17, 15) is 4.79 Å². The fourth-order valence-electron chi connectivity index (χ4n) is 3.22. The van der Waals surface area contributed by atoms with Gasteiger partial charge in [0.1, 0.15) is 0 Å². The fourth-order valence-corrected chi connectivity index (χ4v) is 3.22. The van der Waals surface area contributed by atoms with Gasteiger partial charge in [-0.15, -0.1) is 0 Å². The first-order valence-electron chi connectivity index (χ1n) is 9.26. The van der Waals surface area contributed by atoms with Gasteiger partial charge in [0, 0.05) is 31.8 Å². The largest absolute Gasteiger partial charge is 0.478 e. The summed E-state index contributed by atoms with van der Waals surface area (Å²) in [5.41, 5.74) is 3.42. The van der Waals surface area contributed by atoms with Crippen molar-refractivity contribution in [2.24, 2.45) is 7.05 Å². The first-order chi connectivity index (χ1) is 13.6. The van der Waals surface area contributed by atoms with Crippen molar-refractivity contribution in [2.45, 2.75) is 19.9 Å². The highest BCUT2D eigenvalue weighted by Crippen LogP contribution is 2.29. The second-order valence-electron chi connectivity index (χ2n) is 6.58. The van der Waals surface area contributed by atoms with Crippen molar-refractivity contribution in [1.29, 1.82) is 0 Å². The number of aromatic nitrogens is 4. The lowest BCUT2D eigenvalue weighted by Crippen LogP contribution is -2.39. The Kier molecular flexibility index (Phi) is 4.92. The van der Waals surface area contributed by atoms with Gasteiger partial charge in [-0.2, -0.15) is 10.1 Å². The molecule has 28 heavy (non-hydrogen) atoms. The lowest BCUT2D eigenvalue weighted by Gasteiger charge is -2.29. The monoisotopic (exact) mass is 378 g/mol. The lowest BCUT2D eigenvalue weighted by atomic mass is 10.1. The molecule has 0 atom stereocenters. The summed E-state index contributed by atoms with van der Waals surface area (Å²) in [6.07, 6.45) is 4.03. The smallest absolute Gasteiger partial charge is 0.322 e. The van der Waals surface area contributed by atoms with E-state index in [1.54, 1.807) is 22.0 Å². The third-order valence-electron chi connectivity index (χ3n) is 4.58. The van der Waals surface area contributed by atoms with Crippen LogP contribution in [0.25, 0.3) is 11.4 Å². The Labute approximate surface area is 163 Å². The number of carbonyl (C=O) groups is 1. The minimum atomic E-state index is -0.173. The Morgan fingerprint density at radius 2 is 2.07 bits per heavy atom. The van der Waals surface area contributed by atoms with E-state index in [0.717, 1.165) is 16.8 Å². The van der Waals surface area contributed by atoms with Crippen LogP contribution in [0, 0.1) is 0 Å². The Morgan fingerprint density at radius 1 is 1.25 bits per heavy atom. The van der Waals surface area contributed by atoms with Gasteiger partial charge in [0.05, 0.1) is 36.3 Å². The molecule has 3 aromatic rings. The number of rotatable bonds is 4. The van der Waals surface area contributed by atoms with E-state index in [2.05, 4.69) is 15.4 Å². The van der Waals surface area contributed by atoms with Gasteiger partial charge < -0.3 is 15.0 Å². The number of nitrogens with zero attached hydrogens (tertiary/aromatic N) is 5. The number of carbonyl (C=O) groups excluding carboxylic acids is 1. The van der Waals surface area contributed by atoms with Gasteiger partial charge in [-0.1, -0.05) is 30.3 Å². The zero-order chi connectivity index (χ0) is 19.5. The Morgan fingerprint density at radius 3 is 2.79 bits per heavy atom. The van der Waals surface area contributed by atoms with E-state index >= 15 is 0 Å². The van der Waals surface area contributed by atoms with Crippen molar-refractivity contribution in [3.8, 4) is 17.3 Å². The number of hydrogen-bond acceptors (Lipinski definition) is 5. The van der Waals surface area contributed by atoms with Crippen molar-refractivity contribution in [1.82, 2.24) is 24.6 Å². The van der Waals surface area contributed by atoms with Gasteiger partial charge in [-0.25, -0.2) is 9.78 Å². The molecule has 0 saturated heterocycles. The number of aryl methyl sites for hydroxylation is 1. The highest BCUT2D eigenvalue weighted by Gasteiger charge is 2.26. The van der Waals surface area contributed by atoms with Crippen molar-refractivity contribution >= 4 is 11.7 Å². The van der Waals surface area contributed by atoms with Crippen LogP contribution in [-0.2, 0) is 20.0 Å². The predicted molar refractivity (Wildman–Crippen MR) is 105 cm³/mol. The summed E-state index contributed by atoms with van der Waals surface area (Å²) >= 11 is 0. The van der Waals surface area contributed by atoms with Crippen LogP contribution in [0.15, 0.2) is 42.7 Å². The first kappa shape index (κ1) is 18.0. The average Bonchev–Trinajstić information content (AvgIpc) is 3.13. The molecule has 2 amide bonds. The third kappa shape index (κ3) is 3.66. The minimum absolute atomic E-state index is 0.173. The van der Waals surface area contributed by atoms with E-state index in [-0.39, 0.29) is 6.03 Å². The molecule has 3 heterocycles. The summed E-state index contributed by atoms with van der Waals surface area (Å²) in [7, 11) is 1.81. The molecule has 1 N–H and O–H groups in total. The van der Waals surface area contributed by atoms with Crippen LogP contribution in [-0.4, -0.2) is 43.8 Å².